The van der Waals surface area contributed by atoms with Crippen LogP contribution in [0.4, 0.5) is 10.6 Å². The number of hydrogen-bond donors (Lipinski definition) is 3. The maximum Gasteiger partial charge on any atom is 0.339 e. The standard InChI is InChI=1S/C8H11N5O2/c1-4(2)13-3-9-6-5(13)7(14)11-12-8(15)10-6/h3-4H,1-2H3,(H,11,14)(H2,10,12,15). The van der Waals surface area contributed by atoms with Gasteiger partial charge >= 0.3 is 6.03 Å². The van der Waals surface area contributed by atoms with E-state index in [0.717, 1.165) is 0 Å². The number of imidazole rings is 1. The summed E-state index contributed by atoms with van der Waals surface area (Å²) in [6.07, 6.45) is 1.53. The smallest absolute Gasteiger partial charge is 0.322 e. The van der Waals surface area contributed by atoms with Gasteiger partial charge in [0.25, 0.3) is 5.91 Å². The first-order chi connectivity index (χ1) is 7.09. The molecule has 3 amide bonds. The first-order valence-corrected chi connectivity index (χ1v) is 4.53. The molecule has 0 bridgehead atoms. The van der Waals surface area contributed by atoms with Crippen molar-refractivity contribution in [2.75, 3.05) is 5.32 Å². The number of anilines is 1. The van der Waals surface area contributed by atoms with Crippen LogP contribution >= 0.6 is 0 Å². The second-order valence-corrected chi connectivity index (χ2v) is 3.48. The Hall–Kier alpha value is -2.05. The van der Waals surface area contributed by atoms with Crippen molar-refractivity contribution in [3.8, 4) is 0 Å². The molecule has 0 fully saturated rings. The Morgan fingerprint density at radius 1 is 1.33 bits per heavy atom. The summed E-state index contributed by atoms with van der Waals surface area (Å²) in [6.45, 7) is 3.85. The van der Waals surface area contributed by atoms with E-state index in [2.05, 4.69) is 21.2 Å². The highest BCUT2D eigenvalue weighted by Crippen LogP contribution is 2.18. The summed E-state index contributed by atoms with van der Waals surface area (Å²) in [5.41, 5.74) is 4.81. The Labute approximate surface area is 85.8 Å². The van der Waals surface area contributed by atoms with Gasteiger partial charge in [0.15, 0.2) is 11.5 Å². The third-order valence-electron chi connectivity index (χ3n) is 2.09. The van der Waals surface area contributed by atoms with Gasteiger partial charge in [-0.25, -0.2) is 15.2 Å². The molecule has 1 aliphatic rings. The van der Waals surface area contributed by atoms with Gasteiger partial charge in [0.05, 0.1) is 6.33 Å². The van der Waals surface area contributed by atoms with Crippen molar-refractivity contribution < 1.29 is 9.59 Å². The van der Waals surface area contributed by atoms with Crippen LogP contribution < -0.4 is 16.2 Å². The molecule has 7 nitrogen and oxygen atoms in total. The van der Waals surface area contributed by atoms with Crippen molar-refractivity contribution in [1.82, 2.24) is 20.4 Å². The summed E-state index contributed by atoms with van der Waals surface area (Å²) >= 11 is 0. The van der Waals surface area contributed by atoms with Crippen LogP contribution in [-0.2, 0) is 0 Å². The molecule has 3 N–H and O–H groups in total. The van der Waals surface area contributed by atoms with E-state index in [-0.39, 0.29) is 17.8 Å². The Morgan fingerprint density at radius 2 is 2.07 bits per heavy atom. The highest BCUT2D eigenvalue weighted by atomic mass is 16.2. The van der Waals surface area contributed by atoms with Gasteiger partial charge in [-0.3, -0.25) is 15.5 Å². The van der Waals surface area contributed by atoms with Crippen molar-refractivity contribution >= 4 is 17.8 Å². The number of amides is 3. The van der Waals surface area contributed by atoms with Crippen molar-refractivity contribution in [2.24, 2.45) is 0 Å². The lowest BCUT2D eigenvalue weighted by molar-refractivity contribution is 0.0930. The normalized spacial score (nSPS) is 15.1. The second kappa shape index (κ2) is 3.26. The molecule has 0 unspecified atom stereocenters. The highest BCUT2D eigenvalue weighted by Gasteiger charge is 2.24. The highest BCUT2D eigenvalue weighted by molar-refractivity contribution is 6.04. The van der Waals surface area contributed by atoms with Gasteiger partial charge in [-0.1, -0.05) is 0 Å². The zero-order valence-electron chi connectivity index (χ0n) is 8.37. The number of rotatable bonds is 1. The molecule has 2 rings (SSSR count). The third-order valence-corrected chi connectivity index (χ3v) is 2.09. The lowest BCUT2D eigenvalue weighted by Crippen LogP contribution is -2.41. The maximum absolute atomic E-state index is 11.6. The van der Waals surface area contributed by atoms with Crippen molar-refractivity contribution in [3.05, 3.63) is 12.0 Å². The van der Waals surface area contributed by atoms with Crippen LogP contribution in [0.2, 0.25) is 0 Å². The number of carbonyl (C=O) groups excluding carboxylic acids is 2. The minimum atomic E-state index is -0.504. The zero-order chi connectivity index (χ0) is 11.0. The topological polar surface area (TPSA) is 88.1 Å². The minimum Gasteiger partial charge on any atom is -0.322 e. The largest absolute Gasteiger partial charge is 0.339 e. The number of nitrogens with zero attached hydrogens (tertiary/aromatic N) is 2. The lowest BCUT2D eigenvalue weighted by atomic mass is 10.3. The third kappa shape index (κ3) is 1.51. The molecule has 0 spiro atoms. The molecule has 2 heterocycles. The fraction of sp³-hybridized carbons (Fsp3) is 0.375. The first kappa shape index (κ1) is 9.50. The van der Waals surface area contributed by atoms with Gasteiger partial charge < -0.3 is 4.57 Å². The summed E-state index contributed by atoms with van der Waals surface area (Å²) in [5, 5.41) is 2.46. The van der Waals surface area contributed by atoms with E-state index in [9.17, 15) is 9.59 Å². The Morgan fingerprint density at radius 3 is 2.73 bits per heavy atom. The molecule has 0 saturated carbocycles. The van der Waals surface area contributed by atoms with Crippen LogP contribution in [0.1, 0.15) is 30.4 Å². The quantitative estimate of drug-likeness (QED) is 0.619. The first-order valence-electron chi connectivity index (χ1n) is 4.53. The van der Waals surface area contributed by atoms with E-state index < -0.39 is 6.03 Å². The van der Waals surface area contributed by atoms with Crippen LogP contribution in [0.5, 0.6) is 0 Å². The number of hydrazine groups is 1. The SMILES string of the molecule is CC(C)n1cnc2c1C(=O)NNC(=O)N2. The Kier molecular flexibility index (Phi) is 2.07. The second-order valence-electron chi connectivity index (χ2n) is 3.48. The summed E-state index contributed by atoms with van der Waals surface area (Å²) in [7, 11) is 0. The summed E-state index contributed by atoms with van der Waals surface area (Å²) in [4.78, 5) is 26.7. The molecular formula is C8H11N5O2. The van der Waals surface area contributed by atoms with Crippen LogP contribution in [0.3, 0.4) is 0 Å². The lowest BCUT2D eigenvalue weighted by Gasteiger charge is -2.10. The number of fused-ring (bicyclic) bond motifs is 1. The molecule has 7 heteroatoms. The van der Waals surface area contributed by atoms with E-state index in [1.54, 1.807) is 4.57 Å². The number of aromatic nitrogens is 2. The van der Waals surface area contributed by atoms with E-state index >= 15 is 0 Å². The molecule has 15 heavy (non-hydrogen) atoms. The molecule has 1 aromatic heterocycles. The fourth-order valence-electron chi connectivity index (χ4n) is 1.38. The predicted molar refractivity (Wildman–Crippen MR) is 52.2 cm³/mol. The van der Waals surface area contributed by atoms with Crippen LogP contribution in [0, 0.1) is 0 Å². The molecule has 0 radical (unpaired) electrons. The van der Waals surface area contributed by atoms with Gasteiger partial charge in [0.1, 0.15) is 0 Å². The van der Waals surface area contributed by atoms with E-state index in [1.165, 1.54) is 6.33 Å². The van der Waals surface area contributed by atoms with Gasteiger partial charge in [0, 0.05) is 6.04 Å². The van der Waals surface area contributed by atoms with Gasteiger partial charge in [-0.2, -0.15) is 0 Å². The number of nitrogens with one attached hydrogen (secondary N) is 3. The number of hydrogen-bond acceptors (Lipinski definition) is 3. The molecule has 0 aliphatic carbocycles. The van der Waals surface area contributed by atoms with Gasteiger partial charge in [0.2, 0.25) is 0 Å². The Balaban J connectivity index is 2.50. The molecular weight excluding hydrogens is 198 g/mol. The van der Waals surface area contributed by atoms with Crippen molar-refractivity contribution in [2.45, 2.75) is 19.9 Å². The average Bonchev–Trinajstić information content (AvgIpc) is 2.52. The summed E-state index contributed by atoms with van der Waals surface area (Å²) in [5.74, 6) is -0.106. The van der Waals surface area contributed by atoms with Crippen LogP contribution in [0.15, 0.2) is 6.33 Å². The number of urea groups is 1. The molecule has 80 valence electrons. The number of carbonyl (C=O) groups is 2. The molecule has 1 aromatic rings. The molecule has 0 saturated heterocycles. The van der Waals surface area contributed by atoms with Gasteiger partial charge in [-0.15, -0.1) is 0 Å². The summed E-state index contributed by atoms with van der Waals surface area (Å²) < 4.78 is 1.69. The van der Waals surface area contributed by atoms with Crippen molar-refractivity contribution in [1.29, 1.82) is 0 Å². The molecule has 0 aromatic carbocycles. The molecule has 0 atom stereocenters. The van der Waals surface area contributed by atoms with E-state index in [4.69, 9.17) is 0 Å². The maximum atomic E-state index is 11.6. The average molecular weight is 209 g/mol. The molecule has 1 aliphatic heterocycles. The van der Waals surface area contributed by atoms with Crippen LogP contribution in [-0.4, -0.2) is 21.5 Å². The van der Waals surface area contributed by atoms with Crippen molar-refractivity contribution in [3.63, 3.8) is 0 Å². The van der Waals surface area contributed by atoms with Crippen LogP contribution in [0.25, 0.3) is 0 Å². The fourth-order valence-corrected chi connectivity index (χ4v) is 1.38. The summed E-state index contributed by atoms with van der Waals surface area (Å²) in [6, 6.07) is -0.405. The van der Waals surface area contributed by atoms with E-state index in [1.807, 2.05) is 13.8 Å². The monoisotopic (exact) mass is 209 g/mol. The minimum absolute atomic E-state index is 0.0991. The Bertz CT molecular complexity index is 423. The zero-order valence-corrected chi connectivity index (χ0v) is 8.37. The van der Waals surface area contributed by atoms with Gasteiger partial charge in [-0.05, 0) is 13.8 Å². The van der Waals surface area contributed by atoms with E-state index in [0.29, 0.717) is 5.69 Å². The predicted octanol–water partition coefficient (Wildman–Crippen LogP) is 0.244.